The maximum absolute atomic E-state index is 5.77. The topological polar surface area (TPSA) is 67.8 Å². The molecule has 0 aliphatic carbocycles. The van der Waals surface area contributed by atoms with Gasteiger partial charge in [0, 0.05) is 5.39 Å². The standard InChI is InChI=1S/C12H11N3O/c1-7-2-3-10-8(4-7)5-11(16-10)12-9(13)6-14-15-12/h2-6H,13H2,1H3,(H,14,15). The van der Waals surface area contributed by atoms with Crippen molar-refractivity contribution >= 4 is 16.7 Å². The van der Waals surface area contributed by atoms with E-state index in [1.807, 2.05) is 18.2 Å². The van der Waals surface area contributed by atoms with E-state index >= 15 is 0 Å². The van der Waals surface area contributed by atoms with E-state index in [2.05, 4.69) is 23.2 Å². The van der Waals surface area contributed by atoms with E-state index in [-0.39, 0.29) is 0 Å². The quantitative estimate of drug-likeness (QED) is 0.653. The molecule has 3 N–H and O–H groups in total. The molecule has 2 heterocycles. The summed E-state index contributed by atoms with van der Waals surface area (Å²) in [6.07, 6.45) is 1.58. The van der Waals surface area contributed by atoms with Crippen molar-refractivity contribution in [3.8, 4) is 11.5 Å². The minimum absolute atomic E-state index is 0.593. The van der Waals surface area contributed by atoms with Crippen LogP contribution >= 0.6 is 0 Å². The molecule has 0 unspecified atom stereocenters. The molecule has 2 aromatic heterocycles. The van der Waals surface area contributed by atoms with Crippen LogP contribution in [-0.4, -0.2) is 10.2 Å². The first-order chi connectivity index (χ1) is 7.74. The van der Waals surface area contributed by atoms with E-state index in [4.69, 9.17) is 10.2 Å². The van der Waals surface area contributed by atoms with Gasteiger partial charge in [0.15, 0.2) is 5.76 Å². The van der Waals surface area contributed by atoms with Crippen molar-refractivity contribution in [3.05, 3.63) is 36.0 Å². The predicted octanol–water partition coefficient (Wildman–Crippen LogP) is 2.71. The summed E-state index contributed by atoms with van der Waals surface area (Å²) in [6, 6.07) is 8.02. The zero-order chi connectivity index (χ0) is 11.1. The Morgan fingerprint density at radius 1 is 1.31 bits per heavy atom. The number of nitrogen functional groups attached to an aromatic ring is 1. The molecular formula is C12H11N3O. The molecule has 0 aliphatic heterocycles. The smallest absolute Gasteiger partial charge is 0.155 e. The number of aromatic amines is 1. The molecule has 0 aliphatic rings. The zero-order valence-corrected chi connectivity index (χ0v) is 8.82. The molecule has 0 bridgehead atoms. The molecule has 0 radical (unpaired) electrons. The monoisotopic (exact) mass is 213 g/mol. The van der Waals surface area contributed by atoms with Gasteiger partial charge >= 0.3 is 0 Å². The average Bonchev–Trinajstić information content (AvgIpc) is 2.82. The Kier molecular flexibility index (Phi) is 1.77. The first kappa shape index (κ1) is 9.03. The van der Waals surface area contributed by atoms with Crippen LogP contribution in [0.1, 0.15) is 5.56 Å². The largest absolute Gasteiger partial charge is 0.454 e. The number of nitrogens with one attached hydrogen (secondary N) is 1. The van der Waals surface area contributed by atoms with E-state index in [1.54, 1.807) is 6.20 Å². The molecule has 80 valence electrons. The molecule has 4 nitrogen and oxygen atoms in total. The normalized spacial score (nSPS) is 11.1. The van der Waals surface area contributed by atoms with Crippen LogP contribution in [0.4, 0.5) is 5.69 Å². The van der Waals surface area contributed by atoms with Crippen molar-refractivity contribution in [2.45, 2.75) is 6.92 Å². The number of aromatic nitrogens is 2. The van der Waals surface area contributed by atoms with E-state index in [0.29, 0.717) is 5.69 Å². The molecular weight excluding hydrogens is 202 g/mol. The van der Waals surface area contributed by atoms with E-state index in [0.717, 1.165) is 22.4 Å². The predicted molar refractivity (Wildman–Crippen MR) is 62.9 cm³/mol. The van der Waals surface area contributed by atoms with Crippen LogP contribution in [0.2, 0.25) is 0 Å². The van der Waals surface area contributed by atoms with Crippen LogP contribution in [0.15, 0.2) is 34.9 Å². The van der Waals surface area contributed by atoms with Gasteiger partial charge in [0.25, 0.3) is 0 Å². The third-order valence-corrected chi connectivity index (χ3v) is 2.59. The van der Waals surface area contributed by atoms with Gasteiger partial charge in [-0.25, -0.2) is 0 Å². The number of hydrogen-bond donors (Lipinski definition) is 2. The van der Waals surface area contributed by atoms with Crippen molar-refractivity contribution < 1.29 is 4.42 Å². The summed E-state index contributed by atoms with van der Waals surface area (Å²) in [5.74, 6) is 0.718. The van der Waals surface area contributed by atoms with Crippen LogP contribution in [-0.2, 0) is 0 Å². The maximum atomic E-state index is 5.77. The number of anilines is 1. The summed E-state index contributed by atoms with van der Waals surface area (Å²) in [4.78, 5) is 0. The third-order valence-electron chi connectivity index (χ3n) is 2.59. The fourth-order valence-corrected chi connectivity index (χ4v) is 1.78. The zero-order valence-electron chi connectivity index (χ0n) is 8.82. The Labute approximate surface area is 92.1 Å². The number of benzene rings is 1. The summed E-state index contributed by atoms with van der Waals surface area (Å²) < 4.78 is 5.70. The Balaban J connectivity index is 2.23. The summed E-state index contributed by atoms with van der Waals surface area (Å²) in [7, 11) is 0. The van der Waals surface area contributed by atoms with Crippen molar-refractivity contribution in [2.75, 3.05) is 5.73 Å². The second-order valence-electron chi connectivity index (χ2n) is 3.85. The van der Waals surface area contributed by atoms with E-state index in [1.165, 1.54) is 5.56 Å². The van der Waals surface area contributed by atoms with Crippen LogP contribution in [0.25, 0.3) is 22.4 Å². The summed E-state index contributed by atoms with van der Waals surface area (Å²) in [5.41, 5.74) is 9.16. The fraction of sp³-hybridized carbons (Fsp3) is 0.0833. The Hall–Kier alpha value is -2.23. The lowest BCUT2D eigenvalue weighted by molar-refractivity contribution is 0.628. The number of H-pyrrole nitrogens is 1. The summed E-state index contributed by atoms with van der Waals surface area (Å²) in [6.45, 7) is 2.05. The molecule has 0 saturated carbocycles. The van der Waals surface area contributed by atoms with Crippen molar-refractivity contribution in [3.63, 3.8) is 0 Å². The number of hydrogen-bond acceptors (Lipinski definition) is 3. The molecule has 1 aromatic carbocycles. The highest BCUT2D eigenvalue weighted by Gasteiger charge is 2.10. The molecule has 3 aromatic rings. The fourth-order valence-electron chi connectivity index (χ4n) is 1.78. The summed E-state index contributed by atoms with van der Waals surface area (Å²) >= 11 is 0. The lowest BCUT2D eigenvalue weighted by Gasteiger charge is -1.91. The SMILES string of the molecule is Cc1ccc2oc(-c3[nH]ncc3N)cc2c1. The number of fused-ring (bicyclic) bond motifs is 1. The highest BCUT2D eigenvalue weighted by atomic mass is 16.3. The van der Waals surface area contributed by atoms with E-state index < -0.39 is 0 Å². The molecule has 0 atom stereocenters. The first-order valence-electron chi connectivity index (χ1n) is 5.03. The van der Waals surface area contributed by atoms with Gasteiger partial charge in [-0.05, 0) is 25.1 Å². The Morgan fingerprint density at radius 2 is 2.19 bits per heavy atom. The van der Waals surface area contributed by atoms with Gasteiger partial charge in [-0.2, -0.15) is 5.10 Å². The van der Waals surface area contributed by atoms with Gasteiger partial charge < -0.3 is 10.2 Å². The molecule has 0 saturated heterocycles. The van der Waals surface area contributed by atoms with Gasteiger partial charge in [-0.15, -0.1) is 0 Å². The maximum Gasteiger partial charge on any atom is 0.155 e. The molecule has 4 heteroatoms. The molecule has 16 heavy (non-hydrogen) atoms. The lowest BCUT2D eigenvalue weighted by atomic mass is 10.2. The van der Waals surface area contributed by atoms with E-state index in [9.17, 15) is 0 Å². The second-order valence-corrected chi connectivity index (χ2v) is 3.85. The highest BCUT2D eigenvalue weighted by Crippen LogP contribution is 2.29. The lowest BCUT2D eigenvalue weighted by Crippen LogP contribution is -1.84. The number of rotatable bonds is 1. The Bertz CT molecular complexity index is 651. The molecule has 0 spiro atoms. The number of furan rings is 1. The molecule has 0 amide bonds. The van der Waals surface area contributed by atoms with Crippen molar-refractivity contribution in [1.82, 2.24) is 10.2 Å². The Morgan fingerprint density at radius 3 is 2.94 bits per heavy atom. The van der Waals surface area contributed by atoms with Gasteiger partial charge in [-0.3, -0.25) is 5.10 Å². The summed E-state index contributed by atoms with van der Waals surface area (Å²) in [5, 5.41) is 7.78. The van der Waals surface area contributed by atoms with Gasteiger partial charge in [0.2, 0.25) is 0 Å². The minimum atomic E-state index is 0.593. The number of aryl methyl sites for hydroxylation is 1. The third kappa shape index (κ3) is 1.27. The van der Waals surface area contributed by atoms with Crippen molar-refractivity contribution in [2.24, 2.45) is 0 Å². The highest BCUT2D eigenvalue weighted by molar-refractivity contribution is 5.84. The molecule has 0 fully saturated rings. The van der Waals surface area contributed by atoms with Crippen LogP contribution in [0.5, 0.6) is 0 Å². The average molecular weight is 213 g/mol. The second kappa shape index (κ2) is 3.13. The van der Waals surface area contributed by atoms with Crippen LogP contribution < -0.4 is 5.73 Å². The number of nitrogens with zero attached hydrogens (tertiary/aromatic N) is 1. The molecule has 3 rings (SSSR count). The number of nitrogens with two attached hydrogens (primary N) is 1. The van der Waals surface area contributed by atoms with Gasteiger partial charge in [-0.1, -0.05) is 11.6 Å². The van der Waals surface area contributed by atoms with Crippen LogP contribution in [0, 0.1) is 6.92 Å². The van der Waals surface area contributed by atoms with Gasteiger partial charge in [0.05, 0.1) is 11.9 Å². The van der Waals surface area contributed by atoms with Crippen LogP contribution in [0.3, 0.4) is 0 Å². The first-order valence-corrected chi connectivity index (χ1v) is 5.03. The minimum Gasteiger partial charge on any atom is -0.454 e. The van der Waals surface area contributed by atoms with Crippen molar-refractivity contribution in [1.29, 1.82) is 0 Å². The van der Waals surface area contributed by atoms with Gasteiger partial charge in [0.1, 0.15) is 11.3 Å².